The Balaban J connectivity index is 2.56. The van der Waals surface area contributed by atoms with Gasteiger partial charge in [0.05, 0.1) is 6.04 Å². The third-order valence-corrected chi connectivity index (χ3v) is 2.51. The van der Waals surface area contributed by atoms with Crippen molar-refractivity contribution in [2.24, 2.45) is 0 Å². The number of carbonyl (C=O) groups excluding carboxylic acids is 1. The van der Waals surface area contributed by atoms with E-state index in [0.717, 1.165) is 15.7 Å². The molecule has 1 aliphatic rings. The molecule has 0 saturated carbocycles. The SMILES string of the molecule is CC1Nc2ccc(Br)cc2C1=O. The molecule has 62 valence electrons. The molecular formula is C9H8BrNO. The summed E-state index contributed by atoms with van der Waals surface area (Å²) in [5.41, 5.74) is 1.73. The lowest BCUT2D eigenvalue weighted by atomic mass is 10.1. The molecule has 1 aliphatic heterocycles. The van der Waals surface area contributed by atoms with Crippen LogP contribution in [0.5, 0.6) is 0 Å². The summed E-state index contributed by atoms with van der Waals surface area (Å²) in [5.74, 6) is 0.173. The number of fused-ring (bicyclic) bond motifs is 1. The molecule has 0 spiro atoms. The van der Waals surface area contributed by atoms with Crippen molar-refractivity contribution in [2.75, 3.05) is 5.32 Å². The Bertz CT molecular complexity index is 348. The molecule has 2 rings (SSSR count). The normalized spacial score (nSPS) is 20.5. The summed E-state index contributed by atoms with van der Waals surface area (Å²) >= 11 is 3.33. The molecule has 0 aromatic heterocycles. The molecule has 0 bridgehead atoms. The third-order valence-electron chi connectivity index (χ3n) is 2.01. The second kappa shape index (κ2) is 2.59. The van der Waals surface area contributed by atoms with Gasteiger partial charge < -0.3 is 5.32 Å². The Morgan fingerprint density at radius 3 is 3.00 bits per heavy atom. The van der Waals surface area contributed by atoms with Crippen LogP contribution >= 0.6 is 15.9 Å². The summed E-state index contributed by atoms with van der Waals surface area (Å²) in [4.78, 5) is 11.5. The van der Waals surface area contributed by atoms with Crippen molar-refractivity contribution in [3.8, 4) is 0 Å². The van der Waals surface area contributed by atoms with Crippen LogP contribution < -0.4 is 5.32 Å². The minimum Gasteiger partial charge on any atom is -0.375 e. The zero-order chi connectivity index (χ0) is 8.72. The minimum absolute atomic E-state index is 0.0747. The molecule has 1 atom stereocenters. The molecule has 1 N–H and O–H groups in total. The van der Waals surface area contributed by atoms with Crippen molar-refractivity contribution in [3.05, 3.63) is 28.2 Å². The van der Waals surface area contributed by atoms with Gasteiger partial charge in [0.2, 0.25) is 0 Å². The van der Waals surface area contributed by atoms with Gasteiger partial charge in [-0.1, -0.05) is 15.9 Å². The van der Waals surface area contributed by atoms with Gasteiger partial charge in [-0.2, -0.15) is 0 Å². The molecule has 0 aliphatic carbocycles. The second-order valence-electron chi connectivity index (χ2n) is 2.92. The van der Waals surface area contributed by atoms with Gasteiger partial charge >= 0.3 is 0 Å². The molecule has 1 heterocycles. The number of benzene rings is 1. The van der Waals surface area contributed by atoms with E-state index < -0.39 is 0 Å². The van der Waals surface area contributed by atoms with Crippen molar-refractivity contribution in [1.29, 1.82) is 0 Å². The summed E-state index contributed by atoms with van der Waals surface area (Å²) in [6.45, 7) is 1.87. The Hall–Kier alpha value is -0.830. The van der Waals surface area contributed by atoms with E-state index in [1.54, 1.807) is 0 Å². The standard InChI is InChI=1S/C9H8BrNO/c1-5-9(12)7-4-6(10)2-3-8(7)11-5/h2-5,11H,1H3. The molecule has 0 saturated heterocycles. The van der Waals surface area contributed by atoms with Crippen LogP contribution in [0.4, 0.5) is 5.69 Å². The Morgan fingerprint density at radius 2 is 2.25 bits per heavy atom. The molecular weight excluding hydrogens is 218 g/mol. The molecule has 0 amide bonds. The van der Waals surface area contributed by atoms with E-state index >= 15 is 0 Å². The van der Waals surface area contributed by atoms with Crippen molar-refractivity contribution >= 4 is 27.4 Å². The number of rotatable bonds is 0. The summed E-state index contributed by atoms with van der Waals surface area (Å²) < 4.78 is 0.950. The number of halogens is 1. The Kier molecular flexibility index (Phi) is 1.68. The average molecular weight is 226 g/mol. The highest BCUT2D eigenvalue weighted by Gasteiger charge is 2.25. The van der Waals surface area contributed by atoms with Gasteiger partial charge in [0.25, 0.3) is 0 Å². The third kappa shape index (κ3) is 1.05. The average Bonchev–Trinajstić information content (AvgIpc) is 2.31. The van der Waals surface area contributed by atoms with Crippen molar-refractivity contribution in [3.63, 3.8) is 0 Å². The first-order valence-electron chi connectivity index (χ1n) is 3.79. The fraction of sp³-hybridized carbons (Fsp3) is 0.222. The number of ketones is 1. The number of hydrogen-bond acceptors (Lipinski definition) is 2. The smallest absolute Gasteiger partial charge is 0.186 e. The van der Waals surface area contributed by atoms with Crippen LogP contribution in [0.25, 0.3) is 0 Å². The Morgan fingerprint density at radius 1 is 1.50 bits per heavy atom. The van der Waals surface area contributed by atoms with Crippen molar-refractivity contribution < 1.29 is 4.79 Å². The monoisotopic (exact) mass is 225 g/mol. The molecule has 0 radical (unpaired) electrons. The van der Waals surface area contributed by atoms with Crippen LogP contribution in [0.3, 0.4) is 0 Å². The van der Waals surface area contributed by atoms with Crippen LogP contribution in [0, 0.1) is 0 Å². The highest BCUT2D eigenvalue weighted by molar-refractivity contribution is 9.10. The molecule has 2 nitrogen and oxygen atoms in total. The minimum atomic E-state index is -0.0747. The van der Waals surface area contributed by atoms with Gasteiger partial charge in [-0.3, -0.25) is 4.79 Å². The lowest BCUT2D eigenvalue weighted by Gasteiger charge is -1.99. The van der Waals surface area contributed by atoms with E-state index in [9.17, 15) is 4.79 Å². The lowest BCUT2D eigenvalue weighted by molar-refractivity contribution is 0.0985. The summed E-state index contributed by atoms with van der Waals surface area (Å²) in [6, 6.07) is 5.63. The number of Topliss-reactive ketones (excluding diaryl/α,β-unsaturated/α-hetero) is 1. The fourth-order valence-electron chi connectivity index (χ4n) is 1.38. The van der Waals surface area contributed by atoms with Gasteiger partial charge in [0.15, 0.2) is 5.78 Å². The van der Waals surface area contributed by atoms with Crippen molar-refractivity contribution in [2.45, 2.75) is 13.0 Å². The van der Waals surface area contributed by atoms with Crippen molar-refractivity contribution in [1.82, 2.24) is 0 Å². The number of carbonyl (C=O) groups is 1. The molecule has 1 aromatic rings. The first-order chi connectivity index (χ1) is 5.68. The maximum absolute atomic E-state index is 11.5. The van der Waals surface area contributed by atoms with Gasteiger partial charge in [0, 0.05) is 15.7 Å². The van der Waals surface area contributed by atoms with Gasteiger partial charge in [-0.25, -0.2) is 0 Å². The van der Waals surface area contributed by atoms with Crippen LogP contribution in [-0.4, -0.2) is 11.8 Å². The fourth-order valence-corrected chi connectivity index (χ4v) is 1.74. The number of hydrogen-bond donors (Lipinski definition) is 1. The quantitative estimate of drug-likeness (QED) is 0.736. The maximum atomic E-state index is 11.5. The Labute approximate surface area is 79.1 Å². The van der Waals surface area contributed by atoms with E-state index in [2.05, 4.69) is 21.2 Å². The molecule has 0 fully saturated rings. The molecule has 3 heteroatoms. The highest BCUT2D eigenvalue weighted by atomic mass is 79.9. The predicted octanol–water partition coefficient (Wildman–Crippen LogP) is 2.45. The topological polar surface area (TPSA) is 29.1 Å². The lowest BCUT2D eigenvalue weighted by Crippen LogP contribution is -2.16. The van der Waals surface area contributed by atoms with Crippen LogP contribution in [0.2, 0.25) is 0 Å². The van der Waals surface area contributed by atoms with Crippen LogP contribution in [-0.2, 0) is 0 Å². The zero-order valence-electron chi connectivity index (χ0n) is 6.60. The molecule has 12 heavy (non-hydrogen) atoms. The van der Waals surface area contributed by atoms with Crippen LogP contribution in [0.15, 0.2) is 22.7 Å². The highest BCUT2D eigenvalue weighted by Crippen LogP contribution is 2.28. The van der Waals surface area contributed by atoms with E-state index in [4.69, 9.17) is 0 Å². The summed E-state index contributed by atoms with van der Waals surface area (Å²) in [6.07, 6.45) is 0. The summed E-state index contributed by atoms with van der Waals surface area (Å²) in [7, 11) is 0. The van der Waals surface area contributed by atoms with E-state index in [1.807, 2.05) is 25.1 Å². The predicted molar refractivity (Wildman–Crippen MR) is 51.6 cm³/mol. The number of nitrogens with one attached hydrogen (secondary N) is 1. The zero-order valence-corrected chi connectivity index (χ0v) is 8.18. The molecule has 1 unspecified atom stereocenters. The van der Waals surface area contributed by atoms with Gasteiger partial charge in [-0.15, -0.1) is 0 Å². The van der Waals surface area contributed by atoms with E-state index in [1.165, 1.54) is 0 Å². The largest absolute Gasteiger partial charge is 0.375 e. The van der Waals surface area contributed by atoms with E-state index in [0.29, 0.717) is 0 Å². The maximum Gasteiger partial charge on any atom is 0.186 e. The van der Waals surface area contributed by atoms with Crippen LogP contribution in [0.1, 0.15) is 17.3 Å². The first kappa shape index (κ1) is 7.80. The first-order valence-corrected chi connectivity index (χ1v) is 4.58. The van der Waals surface area contributed by atoms with Gasteiger partial charge in [0.1, 0.15) is 0 Å². The van der Waals surface area contributed by atoms with Gasteiger partial charge in [-0.05, 0) is 25.1 Å². The number of anilines is 1. The molecule has 1 aromatic carbocycles. The summed E-state index contributed by atoms with van der Waals surface area (Å²) in [5, 5.41) is 3.10. The second-order valence-corrected chi connectivity index (χ2v) is 3.84. The van der Waals surface area contributed by atoms with E-state index in [-0.39, 0.29) is 11.8 Å².